The fourth-order valence-electron chi connectivity index (χ4n) is 3.89. The van der Waals surface area contributed by atoms with Crippen molar-refractivity contribution < 1.29 is 9.53 Å². The molecule has 2 aromatic carbocycles. The second kappa shape index (κ2) is 9.74. The van der Waals surface area contributed by atoms with Crippen LogP contribution < -0.4 is 10.3 Å². The van der Waals surface area contributed by atoms with E-state index in [1.165, 1.54) is 15.9 Å². The molecule has 0 bridgehead atoms. The highest BCUT2D eigenvalue weighted by atomic mass is 32.1. The van der Waals surface area contributed by atoms with Gasteiger partial charge in [-0.1, -0.05) is 59.4 Å². The van der Waals surface area contributed by atoms with Crippen molar-refractivity contribution >= 4 is 22.2 Å². The quantitative estimate of drug-likeness (QED) is 0.427. The van der Waals surface area contributed by atoms with Crippen molar-refractivity contribution in [3.05, 3.63) is 82.3 Å². The summed E-state index contributed by atoms with van der Waals surface area (Å²) in [5.41, 5.74) is 2.65. The summed E-state index contributed by atoms with van der Waals surface area (Å²) in [7, 11) is 0. The average molecular weight is 476 g/mol. The van der Waals surface area contributed by atoms with Gasteiger partial charge in [0.25, 0.3) is 11.5 Å². The maximum atomic E-state index is 12.6. The van der Waals surface area contributed by atoms with Crippen LogP contribution in [0.1, 0.15) is 11.3 Å². The van der Waals surface area contributed by atoms with Crippen LogP contribution in [0.5, 0.6) is 5.75 Å². The first-order valence-electron chi connectivity index (χ1n) is 11.2. The van der Waals surface area contributed by atoms with Gasteiger partial charge >= 0.3 is 0 Å². The molecule has 8 nitrogen and oxygen atoms in total. The molecule has 0 radical (unpaired) electrons. The van der Waals surface area contributed by atoms with Crippen LogP contribution in [0.25, 0.3) is 15.5 Å². The molecule has 5 rings (SSSR count). The maximum Gasteiger partial charge on any atom is 0.275 e. The molecule has 0 N–H and O–H groups in total. The fourth-order valence-corrected chi connectivity index (χ4v) is 4.82. The van der Waals surface area contributed by atoms with Gasteiger partial charge in [0.05, 0.1) is 5.69 Å². The van der Waals surface area contributed by atoms with Gasteiger partial charge in [-0.15, -0.1) is 0 Å². The number of rotatable bonds is 6. The highest BCUT2D eigenvalue weighted by Gasteiger charge is 2.22. The Bertz CT molecular complexity index is 1340. The zero-order valence-corrected chi connectivity index (χ0v) is 19.7. The number of hydrogen-bond donors (Lipinski definition) is 0. The highest BCUT2D eigenvalue weighted by molar-refractivity contribution is 7.19. The maximum absolute atomic E-state index is 12.6. The Morgan fingerprint density at radius 3 is 2.50 bits per heavy atom. The summed E-state index contributed by atoms with van der Waals surface area (Å²) in [6.45, 7) is 5.29. The first kappa shape index (κ1) is 22.2. The first-order valence-corrected chi connectivity index (χ1v) is 12.0. The molecule has 1 aliphatic rings. The highest BCUT2D eigenvalue weighted by Crippen LogP contribution is 2.24. The third-order valence-electron chi connectivity index (χ3n) is 5.81. The number of fused-ring (bicyclic) bond motifs is 1. The number of carbonyl (C=O) groups is 1. The van der Waals surface area contributed by atoms with E-state index in [0.717, 1.165) is 34.9 Å². The van der Waals surface area contributed by atoms with Crippen molar-refractivity contribution in [1.29, 1.82) is 0 Å². The summed E-state index contributed by atoms with van der Waals surface area (Å²) >= 11 is 1.40. The van der Waals surface area contributed by atoms with Crippen molar-refractivity contribution in [2.24, 2.45) is 0 Å². The SMILES string of the molecule is Cc1ccc(OCC(=O)N2CCN(Cc3cc(=O)n4nc(-c5ccccc5)sc4n3)CC2)cc1. The van der Waals surface area contributed by atoms with Crippen LogP contribution in [0, 0.1) is 6.92 Å². The molecule has 0 saturated carbocycles. The monoisotopic (exact) mass is 475 g/mol. The Labute approximate surface area is 201 Å². The molecule has 0 spiro atoms. The zero-order chi connectivity index (χ0) is 23.5. The van der Waals surface area contributed by atoms with Crippen LogP contribution in [-0.4, -0.2) is 63.1 Å². The van der Waals surface area contributed by atoms with Gasteiger partial charge in [-0.2, -0.15) is 9.61 Å². The lowest BCUT2D eigenvalue weighted by Gasteiger charge is -2.34. The van der Waals surface area contributed by atoms with Gasteiger partial charge < -0.3 is 9.64 Å². The van der Waals surface area contributed by atoms with Gasteiger partial charge in [-0.25, -0.2) is 4.98 Å². The number of piperazine rings is 1. The Morgan fingerprint density at radius 2 is 1.76 bits per heavy atom. The summed E-state index contributed by atoms with van der Waals surface area (Å²) in [5, 5.41) is 5.20. The van der Waals surface area contributed by atoms with E-state index in [0.29, 0.717) is 30.3 Å². The van der Waals surface area contributed by atoms with Crippen molar-refractivity contribution in [2.45, 2.75) is 13.5 Å². The van der Waals surface area contributed by atoms with Gasteiger partial charge in [0.15, 0.2) is 6.61 Å². The number of aryl methyl sites for hydroxylation is 1. The van der Waals surface area contributed by atoms with Crippen LogP contribution in [0.4, 0.5) is 0 Å². The van der Waals surface area contributed by atoms with Crippen LogP contribution in [0.3, 0.4) is 0 Å². The molecule has 174 valence electrons. The topological polar surface area (TPSA) is 80.0 Å². The third kappa shape index (κ3) is 5.00. The molecule has 9 heteroatoms. The summed E-state index contributed by atoms with van der Waals surface area (Å²) in [4.78, 5) is 34.4. The van der Waals surface area contributed by atoms with E-state index in [2.05, 4.69) is 15.0 Å². The van der Waals surface area contributed by atoms with Crippen LogP contribution in [-0.2, 0) is 11.3 Å². The van der Waals surface area contributed by atoms with E-state index < -0.39 is 0 Å². The van der Waals surface area contributed by atoms with Crippen molar-refractivity contribution in [3.63, 3.8) is 0 Å². The summed E-state index contributed by atoms with van der Waals surface area (Å²) in [5.74, 6) is 0.681. The molecule has 3 heterocycles. The van der Waals surface area contributed by atoms with Gasteiger partial charge in [0.2, 0.25) is 4.96 Å². The van der Waals surface area contributed by atoms with Crippen molar-refractivity contribution in [2.75, 3.05) is 32.8 Å². The van der Waals surface area contributed by atoms with Gasteiger partial charge in [-0.3, -0.25) is 14.5 Å². The fraction of sp³-hybridized carbons (Fsp3) is 0.280. The molecule has 1 fully saturated rings. The molecule has 34 heavy (non-hydrogen) atoms. The Morgan fingerprint density at radius 1 is 1.03 bits per heavy atom. The Hall–Kier alpha value is -3.56. The first-order chi connectivity index (χ1) is 16.5. The summed E-state index contributed by atoms with van der Waals surface area (Å²) in [6.07, 6.45) is 0. The van der Waals surface area contributed by atoms with Gasteiger partial charge in [0.1, 0.15) is 10.8 Å². The van der Waals surface area contributed by atoms with E-state index in [1.54, 1.807) is 6.07 Å². The lowest BCUT2D eigenvalue weighted by molar-refractivity contribution is -0.135. The molecular formula is C25H25N5O3S. The Balaban J connectivity index is 1.18. The Kier molecular flexibility index (Phi) is 6.37. The molecule has 1 amide bonds. The number of carbonyl (C=O) groups excluding carboxylic acids is 1. The molecule has 1 saturated heterocycles. The number of benzene rings is 2. The van der Waals surface area contributed by atoms with E-state index in [-0.39, 0.29) is 18.1 Å². The van der Waals surface area contributed by atoms with Crippen LogP contribution in [0.2, 0.25) is 0 Å². The number of amides is 1. The normalized spacial score (nSPS) is 14.4. The second-order valence-corrected chi connectivity index (χ2v) is 9.27. The van der Waals surface area contributed by atoms with Crippen LogP contribution >= 0.6 is 11.3 Å². The van der Waals surface area contributed by atoms with Crippen molar-refractivity contribution in [3.8, 4) is 16.3 Å². The predicted molar refractivity (Wildman–Crippen MR) is 131 cm³/mol. The molecule has 4 aromatic rings. The van der Waals surface area contributed by atoms with Crippen LogP contribution in [0.15, 0.2) is 65.5 Å². The minimum atomic E-state index is -0.180. The third-order valence-corrected chi connectivity index (χ3v) is 6.77. The minimum absolute atomic E-state index is 0.0175. The van der Waals surface area contributed by atoms with Gasteiger partial charge in [-0.05, 0) is 19.1 Å². The van der Waals surface area contributed by atoms with E-state index >= 15 is 0 Å². The van der Waals surface area contributed by atoms with Gasteiger partial charge in [0, 0.05) is 44.4 Å². The average Bonchev–Trinajstić information content (AvgIpc) is 3.29. The number of ether oxygens (including phenoxy) is 1. The molecule has 1 aliphatic heterocycles. The summed E-state index contributed by atoms with van der Waals surface area (Å²) in [6, 6.07) is 19.0. The smallest absolute Gasteiger partial charge is 0.275 e. The summed E-state index contributed by atoms with van der Waals surface area (Å²) < 4.78 is 6.99. The lowest BCUT2D eigenvalue weighted by Crippen LogP contribution is -2.49. The van der Waals surface area contributed by atoms with Crippen molar-refractivity contribution in [1.82, 2.24) is 24.4 Å². The van der Waals surface area contributed by atoms with E-state index in [4.69, 9.17) is 4.74 Å². The predicted octanol–water partition coefficient (Wildman–Crippen LogP) is 2.85. The lowest BCUT2D eigenvalue weighted by atomic mass is 10.2. The number of hydrogen-bond acceptors (Lipinski definition) is 7. The van der Waals surface area contributed by atoms with E-state index in [1.807, 2.05) is 66.4 Å². The second-order valence-electron chi connectivity index (χ2n) is 8.31. The standard InChI is InChI=1S/C25H25N5O3S/c1-18-7-9-21(10-8-18)33-17-23(32)29-13-11-28(12-14-29)16-20-15-22(31)30-25(26-20)34-24(27-30)19-5-3-2-4-6-19/h2-10,15H,11-14,16-17H2,1H3. The molecule has 2 aromatic heterocycles. The number of aromatic nitrogens is 3. The molecular weight excluding hydrogens is 450 g/mol. The zero-order valence-electron chi connectivity index (χ0n) is 18.9. The largest absolute Gasteiger partial charge is 0.484 e. The number of nitrogens with zero attached hydrogens (tertiary/aromatic N) is 5. The molecule has 0 atom stereocenters. The minimum Gasteiger partial charge on any atom is -0.484 e. The molecule has 0 unspecified atom stereocenters. The van der Waals surface area contributed by atoms with E-state index in [9.17, 15) is 9.59 Å². The molecule has 0 aliphatic carbocycles.